The summed E-state index contributed by atoms with van der Waals surface area (Å²) in [5.41, 5.74) is 8.37. The average Bonchev–Trinajstić information content (AvgIpc) is 2.96. The fourth-order valence-electron chi connectivity index (χ4n) is 3.17. The summed E-state index contributed by atoms with van der Waals surface area (Å²) in [6.07, 6.45) is 2.04. The van der Waals surface area contributed by atoms with E-state index in [1.807, 2.05) is 48.7 Å². The van der Waals surface area contributed by atoms with Crippen molar-refractivity contribution in [3.8, 4) is 0 Å². The van der Waals surface area contributed by atoms with Gasteiger partial charge in [0.2, 0.25) is 5.91 Å². The second kappa shape index (κ2) is 7.83. The lowest BCUT2D eigenvalue weighted by Crippen LogP contribution is -2.33. The number of hydrogen-bond donors (Lipinski definition) is 2. The van der Waals surface area contributed by atoms with Crippen LogP contribution in [0.5, 0.6) is 0 Å². The quantitative estimate of drug-likeness (QED) is 0.821. The number of carbonyl (C=O) groups is 1. The molecular weight excluding hydrogens is 318 g/mol. The minimum atomic E-state index is 0.00723. The Balaban J connectivity index is 1.55. The standard InChI is InChI=1S/C19H23N3OS/c1-24-16-9-7-15(8-10-16)21-19(23)13-22-11-17(18(20)12-22)14-5-3-2-4-6-14/h2-10,17-18H,11-13,20H2,1H3,(H,21,23)/t17-,18+/m0/s1. The van der Waals surface area contributed by atoms with E-state index in [2.05, 4.69) is 22.3 Å². The Kier molecular flexibility index (Phi) is 5.56. The number of carbonyl (C=O) groups excluding carboxylic acids is 1. The molecule has 0 saturated carbocycles. The first-order chi connectivity index (χ1) is 11.7. The number of nitrogens with zero attached hydrogens (tertiary/aromatic N) is 1. The van der Waals surface area contributed by atoms with Gasteiger partial charge in [0.15, 0.2) is 0 Å². The summed E-state index contributed by atoms with van der Waals surface area (Å²) in [7, 11) is 0. The molecule has 24 heavy (non-hydrogen) atoms. The van der Waals surface area contributed by atoms with E-state index in [1.165, 1.54) is 10.5 Å². The van der Waals surface area contributed by atoms with Crippen LogP contribution in [0.4, 0.5) is 5.69 Å². The third kappa shape index (κ3) is 4.17. The van der Waals surface area contributed by atoms with Crippen LogP contribution in [0, 0.1) is 0 Å². The maximum atomic E-state index is 12.3. The second-order valence-electron chi connectivity index (χ2n) is 6.15. The fraction of sp³-hybridized carbons (Fsp3) is 0.316. The zero-order valence-electron chi connectivity index (χ0n) is 13.8. The molecule has 0 bridgehead atoms. The van der Waals surface area contributed by atoms with Gasteiger partial charge in [0, 0.05) is 35.6 Å². The van der Waals surface area contributed by atoms with Gasteiger partial charge in [-0.05, 0) is 36.1 Å². The largest absolute Gasteiger partial charge is 0.326 e. The Labute approximate surface area is 147 Å². The molecule has 1 aliphatic heterocycles. The van der Waals surface area contributed by atoms with E-state index in [0.717, 1.165) is 18.8 Å². The first kappa shape index (κ1) is 17.0. The maximum absolute atomic E-state index is 12.3. The van der Waals surface area contributed by atoms with E-state index < -0.39 is 0 Å². The van der Waals surface area contributed by atoms with Crippen LogP contribution >= 0.6 is 11.8 Å². The van der Waals surface area contributed by atoms with Gasteiger partial charge in [-0.1, -0.05) is 30.3 Å². The van der Waals surface area contributed by atoms with Crippen LogP contribution in [0.1, 0.15) is 11.5 Å². The number of likely N-dealkylation sites (tertiary alicyclic amines) is 1. The Bertz CT molecular complexity index is 675. The van der Waals surface area contributed by atoms with E-state index in [1.54, 1.807) is 11.8 Å². The molecule has 0 aromatic heterocycles. The normalized spacial score (nSPS) is 20.9. The lowest BCUT2D eigenvalue weighted by Gasteiger charge is -2.16. The van der Waals surface area contributed by atoms with Crippen LogP contribution in [0.15, 0.2) is 59.5 Å². The van der Waals surface area contributed by atoms with Crippen molar-refractivity contribution < 1.29 is 4.79 Å². The summed E-state index contributed by atoms with van der Waals surface area (Å²) in [6, 6.07) is 18.3. The molecule has 0 unspecified atom stereocenters. The highest BCUT2D eigenvalue weighted by molar-refractivity contribution is 7.98. The Hall–Kier alpha value is -1.82. The van der Waals surface area contributed by atoms with E-state index in [9.17, 15) is 4.79 Å². The van der Waals surface area contributed by atoms with Gasteiger partial charge < -0.3 is 11.1 Å². The summed E-state index contributed by atoms with van der Waals surface area (Å²) in [6.45, 7) is 1.95. The maximum Gasteiger partial charge on any atom is 0.238 e. The zero-order chi connectivity index (χ0) is 16.9. The number of benzene rings is 2. The summed E-state index contributed by atoms with van der Waals surface area (Å²) in [5, 5.41) is 2.96. The molecule has 3 rings (SSSR count). The second-order valence-corrected chi connectivity index (χ2v) is 7.03. The molecule has 5 heteroatoms. The number of amides is 1. The summed E-state index contributed by atoms with van der Waals surface area (Å²) in [5.74, 6) is 0.299. The molecule has 0 radical (unpaired) electrons. The number of thioether (sulfide) groups is 1. The van der Waals surface area contributed by atoms with Crippen molar-refractivity contribution in [2.24, 2.45) is 5.73 Å². The third-order valence-corrected chi connectivity index (χ3v) is 5.15. The molecule has 1 fully saturated rings. The van der Waals surface area contributed by atoms with Crippen molar-refractivity contribution in [2.75, 3.05) is 31.2 Å². The topological polar surface area (TPSA) is 58.4 Å². The highest BCUT2D eigenvalue weighted by atomic mass is 32.2. The molecule has 1 saturated heterocycles. The highest BCUT2D eigenvalue weighted by Gasteiger charge is 2.31. The number of nitrogens with one attached hydrogen (secondary N) is 1. The van der Waals surface area contributed by atoms with Crippen molar-refractivity contribution >= 4 is 23.4 Å². The van der Waals surface area contributed by atoms with Crippen LogP contribution < -0.4 is 11.1 Å². The Morgan fingerprint density at radius 2 is 1.88 bits per heavy atom. The number of nitrogens with two attached hydrogens (primary N) is 1. The van der Waals surface area contributed by atoms with E-state index in [-0.39, 0.29) is 11.9 Å². The Morgan fingerprint density at radius 1 is 1.17 bits per heavy atom. The average molecular weight is 341 g/mol. The monoisotopic (exact) mass is 341 g/mol. The summed E-state index contributed by atoms with van der Waals surface area (Å²) in [4.78, 5) is 15.6. The molecular formula is C19H23N3OS. The molecule has 0 spiro atoms. The number of rotatable bonds is 5. The van der Waals surface area contributed by atoms with Crippen LogP contribution in [-0.2, 0) is 4.79 Å². The molecule has 1 heterocycles. The molecule has 126 valence electrons. The van der Waals surface area contributed by atoms with Gasteiger partial charge in [-0.3, -0.25) is 9.69 Å². The van der Waals surface area contributed by atoms with Crippen LogP contribution in [-0.4, -0.2) is 42.7 Å². The SMILES string of the molecule is CSc1ccc(NC(=O)CN2C[C@@H](N)[C@H](c3ccccc3)C2)cc1. The first-order valence-electron chi connectivity index (χ1n) is 8.12. The minimum Gasteiger partial charge on any atom is -0.326 e. The minimum absolute atomic E-state index is 0.00723. The van der Waals surface area contributed by atoms with Crippen molar-refractivity contribution in [1.82, 2.24) is 4.90 Å². The predicted molar refractivity (Wildman–Crippen MR) is 100 cm³/mol. The van der Waals surface area contributed by atoms with Gasteiger partial charge >= 0.3 is 0 Å². The van der Waals surface area contributed by atoms with Crippen molar-refractivity contribution in [3.63, 3.8) is 0 Å². The van der Waals surface area contributed by atoms with Crippen molar-refractivity contribution in [3.05, 3.63) is 60.2 Å². The van der Waals surface area contributed by atoms with Crippen molar-refractivity contribution in [1.29, 1.82) is 0 Å². The molecule has 3 N–H and O–H groups in total. The van der Waals surface area contributed by atoms with Crippen LogP contribution in [0.2, 0.25) is 0 Å². The summed E-state index contributed by atoms with van der Waals surface area (Å²) >= 11 is 1.69. The lowest BCUT2D eigenvalue weighted by molar-refractivity contribution is -0.117. The van der Waals surface area contributed by atoms with E-state index >= 15 is 0 Å². The molecule has 0 aliphatic carbocycles. The van der Waals surface area contributed by atoms with Gasteiger partial charge in [0.1, 0.15) is 0 Å². The lowest BCUT2D eigenvalue weighted by atomic mass is 9.95. The third-order valence-electron chi connectivity index (χ3n) is 4.41. The molecule has 4 nitrogen and oxygen atoms in total. The molecule has 2 aromatic carbocycles. The number of anilines is 1. The zero-order valence-corrected chi connectivity index (χ0v) is 14.6. The van der Waals surface area contributed by atoms with Gasteiger partial charge in [-0.15, -0.1) is 11.8 Å². The fourth-order valence-corrected chi connectivity index (χ4v) is 3.58. The highest BCUT2D eigenvalue weighted by Crippen LogP contribution is 2.26. The van der Waals surface area contributed by atoms with E-state index in [4.69, 9.17) is 5.73 Å². The van der Waals surface area contributed by atoms with E-state index in [0.29, 0.717) is 12.5 Å². The van der Waals surface area contributed by atoms with Gasteiger partial charge in [-0.2, -0.15) is 0 Å². The van der Waals surface area contributed by atoms with Gasteiger partial charge in [0.05, 0.1) is 6.54 Å². The molecule has 1 aliphatic rings. The predicted octanol–water partition coefficient (Wildman–Crippen LogP) is 2.77. The smallest absolute Gasteiger partial charge is 0.238 e. The van der Waals surface area contributed by atoms with Gasteiger partial charge in [-0.25, -0.2) is 0 Å². The number of hydrogen-bond acceptors (Lipinski definition) is 4. The first-order valence-corrected chi connectivity index (χ1v) is 9.35. The summed E-state index contributed by atoms with van der Waals surface area (Å²) < 4.78 is 0. The molecule has 2 atom stereocenters. The molecule has 2 aromatic rings. The van der Waals surface area contributed by atoms with Crippen LogP contribution in [0.25, 0.3) is 0 Å². The van der Waals surface area contributed by atoms with Crippen LogP contribution in [0.3, 0.4) is 0 Å². The van der Waals surface area contributed by atoms with Crippen molar-refractivity contribution in [2.45, 2.75) is 16.9 Å². The van der Waals surface area contributed by atoms with Gasteiger partial charge in [0.25, 0.3) is 0 Å². The molecule has 1 amide bonds. The Morgan fingerprint density at radius 3 is 2.54 bits per heavy atom.